The highest BCUT2D eigenvalue weighted by Gasteiger charge is 2.30. The van der Waals surface area contributed by atoms with Gasteiger partial charge in [0.25, 0.3) is 5.91 Å². The van der Waals surface area contributed by atoms with Crippen LogP contribution in [-0.2, 0) is 4.79 Å². The molecule has 1 saturated heterocycles. The number of anilines is 1. The first kappa shape index (κ1) is 17.9. The minimum atomic E-state index is -0.0363. The van der Waals surface area contributed by atoms with Crippen LogP contribution in [0.25, 0.3) is 0 Å². The molecule has 2 aromatic carbocycles. The lowest BCUT2D eigenvalue weighted by molar-refractivity contribution is -0.892. The van der Waals surface area contributed by atoms with E-state index in [0.717, 1.165) is 42.5 Å². The predicted octanol–water partition coefficient (Wildman–Crippen LogP) is 1.65. The van der Waals surface area contributed by atoms with E-state index < -0.39 is 0 Å². The molecule has 2 aliphatic rings. The van der Waals surface area contributed by atoms with Gasteiger partial charge in [0.1, 0.15) is 0 Å². The SMILES string of the molecule is O=C(C[NH+]1CCN(c2cccc(Cl)c2)CC1)N1NC=C[C@@H]1c1ccccc1. The zero-order valence-electron chi connectivity index (χ0n) is 15.1. The molecule has 4 rings (SSSR count). The average molecular weight is 384 g/mol. The van der Waals surface area contributed by atoms with Crippen LogP contribution in [0.15, 0.2) is 66.9 Å². The summed E-state index contributed by atoms with van der Waals surface area (Å²) in [5.41, 5.74) is 5.37. The number of carbonyl (C=O) groups excluding carboxylic acids is 1. The van der Waals surface area contributed by atoms with E-state index in [1.807, 2.05) is 48.7 Å². The number of piperazine rings is 1. The molecule has 0 aromatic heterocycles. The quantitative estimate of drug-likeness (QED) is 0.843. The van der Waals surface area contributed by atoms with Gasteiger partial charge < -0.3 is 15.2 Å². The standard InChI is InChI=1S/C21H23ClN4O/c22-18-7-4-8-19(15-18)25-13-11-24(12-14-25)16-21(27)26-20(9-10-23-26)17-5-2-1-3-6-17/h1-10,15,20,23H,11-14,16H2/p+1/t20-/m1/s1. The summed E-state index contributed by atoms with van der Waals surface area (Å²) in [6.07, 6.45) is 3.88. The lowest BCUT2D eigenvalue weighted by atomic mass is 10.1. The lowest BCUT2D eigenvalue weighted by Gasteiger charge is -2.34. The Morgan fingerprint density at radius 1 is 1.11 bits per heavy atom. The third-order valence-electron chi connectivity index (χ3n) is 5.23. The summed E-state index contributed by atoms with van der Waals surface area (Å²) in [6, 6.07) is 18.0. The van der Waals surface area contributed by atoms with E-state index in [2.05, 4.69) is 28.5 Å². The van der Waals surface area contributed by atoms with Crippen LogP contribution in [0.5, 0.6) is 0 Å². The summed E-state index contributed by atoms with van der Waals surface area (Å²) in [4.78, 5) is 16.5. The molecule has 2 aliphatic heterocycles. The Hall–Kier alpha value is -2.50. The fraction of sp³-hybridized carbons (Fsp3) is 0.286. The first-order valence-electron chi connectivity index (χ1n) is 9.34. The molecular formula is C21H24ClN4O+. The van der Waals surface area contributed by atoms with Gasteiger partial charge in [-0.15, -0.1) is 0 Å². The van der Waals surface area contributed by atoms with Crippen LogP contribution in [0.3, 0.4) is 0 Å². The van der Waals surface area contributed by atoms with Crippen LogP contribution in [0.2, 0.25) is 5.02 Å². The normalized spacial score (nSPS) is 20.0. The van der Waals surface area contributed by atoms with Gasteiger partial charge in [-0.1, -0.05) is 48.0 Å². The van der Waals surface area contributed by atoms with Crippen LogP contribution in [0.1, 0.15) is 11.6 Å². The fourth-order valence-corrected chi connectivity index (χ4v) is 3.93. The predicted molar refractivity (Wildman–Crippen MR) is 108 cm³/mol. The third-order valence-corrected chi connectivity index (χ3v) is 5.46. The summed E-state index contributed by atoms with van der Waals surface area (Å²) in [7, 11) is 0. The van der Waals surface area contributed by atoms with Crippen LogP contribution >= 0.6 is 11.6 Å². The Morgan fingerprint density at radius 2 is 1.89 bits per heavy atom. The van der Waals surface area contributed by atoms with Crippen molar-refractivity contribution in [3.63, 3.8) is 0 Å². The zero-order chi connectivity index (χ0) is 18.6. The molecule has 0 saturated carbocycles. The summed E-state index contributed by atoms with van der Waals surface area (Å²) in [5.74, 6) is 0.125. The second-order valence-corrected chi connectivity index (χ2v) is 7.44. The number of carbonyl (C=O) groups is 1. The second-order valence-electron chi connectivity index (χ2n) is 7.00. The van der Waals surface area contributed by atoms with Gasteiger partial charge >= 0.3 is 0 Å². The van der Waals surface area contributed by atoms with Crippen LogP contribution < -0.4 is 15.2 Å². The Labute approximate surface area is 164 Å². The van der Waals surface area contributed by atoms with Gasteiger partial charge in [0.05, 0.1) is 32.2 Å². The molecule has 0 spiro atoms. The first-order valence-corrected chi connectivity index (χ1v) is 9.72. The number of hydrazine groups is 1. The molecule has 140 valence electrons. The van der Waals surface area contributed by atoms with Gasteiger partial charge in [-0.05, 0) is 29.8 Å². The van der Waals surface area contributed by atoms with E-state index in [-0.39, 0.29) is 11.9 Å². The first-order chi connectivity index (χ1) is 13.2. The van der Waals surface area contributed by atoms with Crippen LogP contribution in [-0.4, -0.2) is 43.6 Å². The molecule has 1 amide bonds. The van der Waals surface area contributed by atoms with Crippen molar-refractivity contribution in [2.45, 2.75) is 6.04 Å². The fourth-order valence-electron chi connectivity index (χ4n) is 3.75. The molecular weight excluding hydrogens is 360 g/mol. The number of benzene rings is 2. The third kappa shape index (κ3) is 4.10. The van der Waals surface area contributed by atoms with Crippen molar-refractivity contribution in [2.24, 2.45) is 0 Å². The number of rotatable bonds is 4. The molecule has 1 atom stereocenters. The molecule has 2 aromatic rings. The number of hydrogen-bond acceptors (Lipinski definition) is 3. The van der Waals surface area contributed by atoms with E-state index in [4.69, 9.17) is 11.6 Å². The molecule has 0 bridgehead atoms. The van der Waals surface area contributed by atoms with Crippen molar-refractivity contribution in [3.05, 3.63) is 77.5 Å². The van der Waals surface area contributed by atoms with Crippen molar-refractivity contribution in [3.8, 4) is 0 Å². The summed E-state index contributed by atoms with van der Waals surface area (Å²) >= 11 is 6.10. The van der Waals surface area contributed by atoms with Crippen molar-refractivity contribution < 1.29 is 9.69 Å². The van der Waals surface area contributed by atoms with Crippen LogP contribution in [0, 0.1) is 0 Å². The Morgan fingerprint density at radius 3 is 2.63 bits per heavy atom. The van der Waals surface area contributed by atoms with Gasteiger partial charge in [-0.25, -0.2) is 5.01 Å². The molecule has 6 heteroatoms. The average Bonchev–Trinajstić information content (AvgIpc) is 3.19. The second kappa shape index (κ2) is 8.03. The van der Waals surface area contributed by atoms with Crippen molar-refractivity contribution in [2.75, 3.05) is 37.6 Å². The summed E-state index contributed by atoms with van der Waals surface area (Å²) in [6.45, 7) is 4.24. The monoisotopic (exact) mass is 383 g/mol. The molecule has 2 N–H and O–H groups in total. The number of amides is 1. The highest BCUT2D eigenvalue weighted by molar-refractivity contribution is 6.30. The lowest BCUT2D eigenvalue weighted by Crippen LogP contribution is -3.16. The Balaban J connectivity index is 1.33. The maximum Gasteiger partial charge on any atom is 0.296 e. The summed E-state index contributed by atoms with van der Waals surface area (Å²) in [5, 5.41) is 2.50. The zero-order valence-corrected chi connectivity index (χ0v) is 15.9. The van der Waals surface area contributed by atoms with Gasteiger partial charge in [0.2, 0.25) is 0 Å². The van der Waals surface area contributed by atoms with Crippen molar-refractivity contribution >= 4 is 23.2 Å². The number of nitrogens with one attached hydrogen (secondary N) is 2. The number of nitrogens with zero attached hydrogens (tertiary/aromatic N) is 2. The molecule has 0 radical (unpaired) electrons. The topological polar surface area (TPSA) is 40.0 Å². The van der Waals surface area contributed by atoms with Gasteiger partial charge in [0.15, 0.2) is 6.54 Å². The molecule has 27 heavy (non-hydrogen) atoms. The van der Waals surface area contributed by atoms with Crippen LogP contribution in [0.4, 0.5) is 5.69 Å². The maximum atomic E-state index is 12.9. The molecule has 5 nitrogen and oxygen atoms in total. The van der Waals surface area contributed by atoms with Crippen molar-refractivity contribution in [1.82, 2.24) is 10.4 Å². The molecule has 2 heterocycles. The number of quaternary nitrogens is 1. The number of hydrogen-bond donors (Lipinski definition) is 2. The molecule has 0 aliphatic carbocycles. The maximum absolute atomic E-state index is 12.9. The van der Waals surface area contributed by atoms with E-state index in [9.17, 15) is 4.79 Å². The minimum Gasteiger partial charge on any atom is -0.360 e. The highest BCUT2D eigenvalue weighted by atomic mass is 35.5. The van der Waals surface area contributed by atoms with Gasteiger partial charge in [-0.2, -0.15) is 0 Å². The van der Waals surface area contributed by atoms with E-state index in [1.54, 1.807) is 5.01 Å². The van der Waals surface area contributed by atoms with Crippen molar-refractivity contribution in [1.29, 1.82) is 0 Å². The highest BCUT2D eigenvalue weighted by Crippen LogP contribution is 2.23. The number of halogens is 1. The van der Waals surface area contributed by atoms with E-state index in [0.29, 0.717) is 6.54 Å². The Kier molecular flexibility index (Phi) is 5.32. The van der Waals surface area contributed by atoms with E-state index >= 15 is 0 Å². The molecule has 0 unspecified atom stereocenters. The Bertz CT molecular complexity index is 818. The van der Waals surface area contributed by atoms with Gasteiger partial charge in [0, 0.05) is 16.9 Å². The van der Waals surface area contributed by atoms with E-state index in [1.165, 1.54) is 4.90 Å². The summed E-state index contributed by atoms with van der Waals surface area (Å²) < 4.78 is 0. The smallest absolute Gasteiger partial charge is 0.296 e. The largest absolute Gasteiger partial charge is 0.360 e. The molecule has 1 fully saturated rings. The minimum absolute atomic E-state index is 0.0363. The van der Waals surface area contributed by atoms with Gasteiger partial charge in [-0.3, -0.25) is 4.79 Å².